The van der Waals surface area contributed by atoms with Crippen molar-refractivity contribution in [2.24, 2.45) is 0 Å². The third kappa shape index (κ3) is 3.33. The van der Waals surface area contributed by atoms with Gasteiger partial charge in [0.15, 0.2) is 0 Å². The first-order valence-corrected chi connectivity index (χ1v) is 8.69. The number of nitrogens with one attached hydrogen (secondary N) is 1. The maximum atomic E-state index is 13.8. The highest BCUT2D eigenvalue weighted by Crippen LogP contribution is 2.21. The molecule has 22 heavy (non-hydrogen) atoms. The summed E-state index contributed by atoms with van der Waals surface area (Å²) >= 11 is 1.37. The van der Waals surface area contributed by atoms with E-state index < -0.39 is 38.4 Å². The van der Waals surface area contributed by atoms with E-state index in [9.17, 15) is 22.0 Å². The van der Waals surface area contributed by atoms with E-state index in [0.29, 0.717) is 11.6 Å². The maximum absolute atomic E-state index is 13.8. The third-order valence-corrected chi connectivity index (χ3v) is 5.24. The minimum atomic E-state index is -4.48. The van der Waals surface area contributed by atoms with Crippen LogP contribution in [0.3, 0.4) is 0 Å². The third-order valence-electron chi connectivity index (χ3n) is 3.17. The van der Waals surface area contributed by atoms with E-state index in [0.717, 1.165) is 6.07 Å². The second-order valence-electron chi connectivity index (χ2n) is 4.78. The molecular formula is C14H13F2NO3S2. The molecule has 118 valence electrons. The molecule has 0 fully saturated rings. The fraction of sp³-hybridized carbons (Fsp3) is 0.214. The molecule has 0 saturated carbocycles. The average Bonchev–Trinajstić information content (AvgIpc) is 2.95. The zero-order valence-corrected chi connectivity index (χ0v) is 13.4. The van der Waals surface area contributed by atoms with Gasteiger partial charge in [-0.05, 0) is 53.9 Å². The van der Waals surface area contributed by atoms with E-state index in [1.165, 1.54) is 25.2 Å². The van der Waals surface area contributed by atoms with Gasteiger partial charge in [-0.2, -0.15) is 11.3 Å². The van der Waals surface area contributed by atoms with Gasteiger partial charge in [-0.15, -0.1) is 0 Å². The number of amides is 1. The molecule has 0 aliphatic heterocycles. The van der Waals surface area contributed by atoms with Crippen LogP contribution in [0.15, 0.2) is 33.9 Å². The number of halogens is 2. The molecule has 2 rings (SSSR count). The van der Waals surface area contributed by atoms with Crippen LogP contribution in [0.2, 0.25) is 0 Å². The Labute approximate surface area is 130 Å². The molecule has 1 atom stereocenters. The van der Waals surface area contributed by atoms with E-state index in [1.807, 2.05) is 0 Å². The van der Waals surface area contributed by atoms with Crippen LogP contribution in [-0.4, -0.2) is 14.3 Å². The lowest BCUT2D eigenvalue weighted by molar-refractivity contribution is -0.120. The normalized spacial score (nSPS) is 12.9. The molecule has 0 saturated heterocycles. The van der Waals surface area contributed by atoms with E-state index >= 15 is 0 Å². The predicted molar refractivity (Wildman–Crippen MR) is 79.2 cm³/mol. The minimum Gasteiger partial charge on any atom is -0.273 e. The molecule has 0 bridgehead atoms. The van der Waals surface area contributed by atoms with E-state index in [-0.39, 0.29) is 5.56 Å². The first kappa shape index (κ1) is 16.6. The summed E-state index contributed by atoms with van der Waals surface area (Å²) in [5.41, 5.74) is 0.627. The van der Waals surface area contributed by atoms with Gasteiger partial charge in [0.05, 0.1) is 5.92 Å². The van der Waals surface area contributed by atoms with Crippen LogP contribution in [0.5, 0.6) is 0 Å². The molecule has 0 spiro atoms. The lowest BCUT2D eigenvalue weighted by Gasteiger charge is -2.12. The van der Waals surface area contributed by atoms with Crippen molar-refractivity contribution in [2.75, 3.05) is 0 Å². The summed E-state index contributed by atoms with van der Waals surface area (Å²) < 4.78 is 53.1. The van der Waals surface area contributed by atoms with Crippen molar-refractivity contribution in [2.45, 2.75) is 24.7 Å². The summed E-state index contributed by atoms with van der Waals surface area (Å²) in [5, 5.41) is 3.46. The van der Waals surface area contributed by atoms with Crippen molar-refractivity contribution < 1.29 is 22.0 Å². The molecule has 0 radical (unpaired) electrons. The first-order chi connectivity index (χ1) is 10.2. The molecule has 1 aromatic heterocycles. The number of carbonyl (C=O) groups excluding carboxylic acids is 1. The van der Waals surface area contributed by atoms with Gasteiger partial charge >= 0.3 is 0 Å². The standard InChI is InChI=1S/C14H13F2NO3S2/c1-8-5-12(16)13(6-11(8)15)22(19,20)17-14(18)9(2)10-3-4-21-7-10/h3-7,9H,1-2H3,(H,17,18). The van der Waals surface area contributed by atoms with E-state index in [4.69, 9.17) is 0 Å². The molecular weight excluding hydrogens is 332 g/mol. The van der Waals surface area contributed by atoms with Gasteiger partial charge < -0.3 is 0 Å². The largest absolute Gasteiger partial charge is 0.273 e. The number of hydrogen-bond acceptors (Lipinski definition) is 4. The summed E-state index contributed by atoms with van der Waals surface area (Å²) in [4.78, 5) is 11.1. The molecule has 1 amide bonds. The van der Waals surface area contributed by atoms with Gasteiger partial charge in [0.1, 0.15) is 16.5 Å². The molecule has 2 aromatic rings. The zero-order valence-electron chi connectivity index (χ0n) is 11.8. The lowest BCUT2D eigenvalue weighted by atomic mass is 10.1. The Morgan fingerprint density at radius 3 is 2.55 bits per heavy atom. The Bertz CT molecular complexity index is 802. The SMILES string of the molecule is Cc1cc(F)c(S(=O)(=O)NC(=O)C(C)c2ccsc2)cc1F. The van der Waals surface area contributed by atoms with Crippen molar-refractivity contribution in [3.63, 3.8) is 0 Å². The summed E-state index contributed by atoms with van der Waals surface area (Å²) in [7, 11) is -4.48. The highest BCUT2D eigenvalue weighted by atomic mass is 32.2. The maximum Gasteiger partial charge on any atom is 0.267 e. The summed E-state index contributed by atoms with van der Waals surface area (Å²) in [6.45, 7) is 2.84. The zero-order chi connectivity index (χ0) is 16.5. The van der Waals surface area contributed by atoms with Gasteiger partial charge in [-0.1, -0.05) is 0 Å². The molecule has 0 aliphatic rings. The smallest absolute Gasteiger partial charge is 0.267 e. The second-order valence-corrected chi connectivity index (χ2v) is 7.21. The Balaban J connectivity index is 2.28. The number of benzene rings is 1. The Hall–Kier alpha value is -1.80. The van der Waals surface area contributed by atoms with Crippen LogP contribution in [0.1, 0.15) is 24.0 Å². The molecule has 4 nitrogen and oxygen atoms in total. The number of aryl methyl sites for hydroxylation is 1. The summed E-state index contributed by atoms with van der Waals surface area (Å²) in [6, 6.07) is 3.03. The van der Waals surface area contributed by atoms with Crippen LogP contribution >= 0.6 is 11.3 Å². The highest BCUT2D eigenvalue weighted by molar-refractivity contribution is 7.90. The number of rotatable bonds is 4. The topological polar surface area (TPSA) is 63.2 Å². The highest BCUT2D eigenvalue weighted by Gasteiger charge is 2.26. The lowest BCUT2D eigenvalue weighted by Crippen LogP contribution is -2.34. The molecule has 1 N–H and O–H groups in total. The van der Waals surface area contributed by atoms with E-state index in [1.54, 1.807) is 21.5 Å². The quantitative estimate of drug-likeness (QED) is 0.927. The van der Waals surface area contributed by atoms with Crippen molar-refractivity contribution >= 4 is 27.3 Å². The number of hydrogen-bond donors (Lipinski definition) is 1. The van der Waals surface area contributed by atoms with Crippen molar-refractivity contribution in [1.82, 2.24) is 4.72 Å². The Morgan fingerprint density at radius 2 is 1.95 bits per heavy atom. The number of sulfonamides is 1. The van der Waals surface area contributed by atoms with E-state index in [2.05, 4.69) is 0 Å². The van der Waals surface area contributed by atoms with Gasteiger partial charge in [0, 0.05) is 0 Å². The Morgan fingerprint density at radius 1 is 1.27 bits per heavy atom. The van der Waals surface area contributed by atoms with Crippen LogP contribution < -0.4 is 4.72 Å². The van der Waals surface area contributed by atoms with Gasteiger partial charge in [-0.3, -0.25) is 4.79 Å². The molecule has 1 aromatic carbocycles. The van der Waals surface area contributed by atoms with Crippen LogP contribution in [0, 0.1) is 18.6 Å². The summed E-state index contributed by atoms with van der Waals surface area (Å²) in [5.74, 6) is -3.50. The molecule has 1 heterocycles. The molecule has 0 aliphatic carbocycles. The first-order valence-electron chi connectivity index (χ1n) is 6.27. The molecule has 8 heteroatoms. The van der Waals surface area contributed by atoms with Gasteiger partial charge in [0.25, 0.3) is 10.0 Å². The van der Waals surface area contributed by atoms with Crippen molar-refractivity contribution in [3.8, 4) is 0 Å². The van der Waals surface area contributed by atoms with Crippen molar-refractivity contribution in [1.29, 1.82) is 0 Å². The minimum absolute atomic E-state index is 0.0191. The number of thiophene rings is 1. The van der Waals surface area contributed by atoms with Crippen molar-refractivity contribution in [3.05, 3.63) is 51.7 Å². The van der Waals surface area contributed by atoms with Crippen LogP contribution in [-0.2, 0) is 14.8 Å². The molecule has 1 unspecified atom stereocenters. The number of carbonyl (C=O) groups is 1. The van der Waals surface area contributed by atoms with Crippen LogP contribution in [0.4, 0.5) is 8.78 Å². The van der Waals surface area contributed by atoms with Gasteiger partial charge in [0.2, 0.25) is 5.91 Å². The summed E-state index contributed by atoms with van der Waals surface area (Å²) in [6.07, 6.45) is 0. The average molecular weight is 345 g/mol. The fourth-order valence-corrected chi connectivity index (χ4v) is 3.66. The second kappa shape index (κ2) is 6.13. The monoisotopic (exact) mass is 345 g/mol. The van der Waals surface area contributed by atoms with Crippen LogP contribution in [0.25, 0.3) is 0 Å². The fourth-order valence-electron chi connectivity index (χ4n) is 1.78. The van der Waals surface area contributed by atoms with Gasteiger partial charge in [-0.25, -0.2) is 21.9 Å². The predicted octanol–water partition coefficient (Wildman–Crippen LogP) is 2.94. The Kier molecular flexibility index (Phi) is 4.62.